The van der Waals surface area contributed by atoms with Gasteiger partial charge in [-0.2, -0.15) is 0 Å². The lowest BCUT2D eigenvalue weighted by atomic mass is 9.98. The standard InChI is InChI=1S/C21H19ClN2O/c1-15-12-13-18(20(22)23-15)21(25)24-19(17-10-6-3-7-11-17)14-16-8-4-2-5-9-16/h2-13,19H,14H2,1H3,(H,24,25)/t19-/m0/s1. The summed E-state index contributed by atoms with van der Waals surface area (Å²) < 4.78 is 0. The third-order valence-electron chi connectivity index (χ3n) is 4.02. The maximum Gasteiger partial charge on any atom is 0.254 e. The molecule has 4 heteroatoms. The monoisotopic (exact) mass is 350 g/mol. The normalized spacial score (nSPS) is 11.8. The molecular formula is C21H19ClN2O. The number of pyridine rings is 1. The number of amides is 1. The zero-order valence-electron chi connectivity index (χ0n) is 13.9. The lowest BCUT2D eigenvalue weighted by molar-refractivity contribution is 0.0936. The molecule has 0 unspecified atom stereocenters. The van der Waals surface area contributed by atoms with Crippen LogP contribution in [0.5, 0.6) is 0 Å². The highest BCUT2D eigenvalue weighted by atomic mass is 35.5. The van der Waals surface area contributed by atoms with E-state index in [-0.39, 0.29) is 17.1 Å². The first-order valence-electron chi connectivity index (χ1n) is 8.16. The van der Waals surface area contributed by atoms with Gasteiger partial charge in [0.05, 0.1) is 11.6 Å². The van der Waals surface area contributed by atoms with Crippen molar-refractivity contribution in [2.24, 2.45) is 0 Å². The van der Waals surface area contributed by atoms with Crippen molar-refractivity contribution in [2.75, 3.05) is 0 Å². The van der Waals surface area contributed by atoms with Gasteiger partial charge in [0.1, 0.15) is 5.15 Å². The summed E-state index contributed by atoms with van der Waals surface area (Å²) in [5, 5.41) is 3.32. The van der Waals surface area contributed by atoms with Gasteiger partial charge in [-0.05, 0) is 36.6 Å². The van der Waals surface area contributed by atoms with Crippen molar-refractivity contribution < 1.29 is 4.79 Å². The molecule has 0 radical (unpaired) electrons. The molecule has 0 spiro atoms. The van der Waals surface area contributed by atoms with E-state index < -0.39 is 0 Å². The third kappa shape index (κ3) is 4.46. The van der Waals surface area contributed by atoms with Gasteiger partial charge in [-0.15, -0.1) is 0 Å². The van der Waals surface area contributed by atoms with Gasteiger partial charge in [-0.25, -0.2) is 4.98 Å². The Kier molecular flexibility index (Phi) is 5.46. The Morgan fingerprint density at radius 3 is 2.28 bits per heavy atom. The molecule has 1 N–H and O–H groups in total. The average molecular weight is 351 g/mol. The van der Waals surface area contributed by atoms with Crippen molar-refractivity contribution in [1.82, 2.24) is 10.3 Å². The Balaban J connectivity index is 1.85. The number of hydrogen-bond acceptors (Lipinski definition) is 2. The lowest BCUT2D eigenvalue weighted by Gasteiger charge is -2.20. The summed E-state index contributed by atoms with van der Waals surface area (Å²) in [4.78, 5) is 16.9. The van der Waals surface area contributed by atoms with E-state index in [1.807, 2.05) is 55.5 Å². The molecule has 0 bridgehead atoms. The maximum absolute atomic E-state index is 12.7. The molecule has 3 nitrogen and oxygen atoms in total. The average Bonchev–Trinajstić information content (AvgIpc) is 2.62. The highest BCUT2D eigenvalue weighted by molar-refractivity contribution is 6.32. The number of hydrogen-bond donors (Lipinski definition) is 1. The number of aromatic nitrogens is 1. The van der Waals surface area contributed by atoms with Gasteiger partial charge in [0, 0.05) is 5.69 Å². The minimum Gasteiger partial charge on any atom is -0.345 e. The van der Waals surface area contributed by atoms with Gasteiger partial charge in [0.15, 0.2) is 0 Å². The first kappa shape index (κ1) is 17.2. The smallest absolute Gasteiger partial charge is 0.254 e. The van der Waals surface area contributed by atoms with Crippen LogP contribution in [0.15, 0.2) is 72.8 Å². The zero-order valence-corrected chi connectivity index (χ0v) is 14.7. The van der Waals surface area contributed by atoms with Crippen LogP contribution in [0, 0.1) is 6.92 Å². The van der Waals surface area contributed by atoms with Crippen molar-refractivity contribution >= 4 is 17.5 Å². The molecule has 0 fully saturated rings. The SMILES string of the molecule is Cc1ccc(C(=O)N[C@@H](Cc2ccccc2)c2ccccc2)c(Cl)n1. The summed E-state index contributed by atoms with van der Waals surface area (Å²) in [5.74, 6) is -0.220. The molecule has 0 saturated heterocycles. The molecule has 0 aliphatic heterocycles. The number of aryl methyl sites for hydroxylation is 1. The van der Waals surface area contributed by atoms with E-state index in [1.54, 1.807) is 12.1 Å². The molecule has 3 aromatic rings. The van der Waals surface area contributed by atoms with Crippen molar-refractivity contribution in [3.05, 3.63) is 100 Å². The summed E-state index contributed by atoms with van der Waals surface area (Å²) in [6, 6.07) is 23.4. The molecule has 25 heavy (non-hydrogen) atoms. The van der Waals surface area contributed by atoms with E-state index in [2.05, 4.69) is 22.4 Å². The Labute approximate surface area is 152 Å². The van der Waals surface area contributed by atoms with Crippen molar-refractivity contribution in [3.8, 4) is 0 Å². The van der Waals surface area contributed by atoms with Crippen LogP contribution in [0.2, 0.25) is 5.15 Å². The van der Waals surface area contributed by atoms with Crippen LogP contribution < -0.4 is 5.32 Å². The van der Waals surface area contributed by atoms with Gasteiger partial charge in [0.25, 0.3) is 5.91 Å². The zero-order chi connectivity index (χ0) is 17.6. The number of carbonyl (C=O) groups is 1. The van der Waals surface area contributed by atoms with Crippen LogP contribution in [0.3, 0.4) is 0 Å². The molecule has 126 valence electrons. The van der Waals surface area contributed by atoms with E-state index in [1.165, 1.54) is 0 Å². The first-order valence-corrected chi connectivity index (χ1v) is 8.54. The molecule has 0 aliphatic carbocycles. The van der Waals surface area contributed by atoms with E-state index in [0.717, 1.165) is 16.8 Å². The minimum atomic E-state index is -0.220. The first-order chi connectivity index (χ1) is 12.1. The van der Waals surface area contributed by atoms with Crippen molar-refractivity contribution in [2.45, 2.75) is 19.4 Å². The topological polar surface area (TPSA) is 42.0 Å². The maximum atomic E-state index is 12.7. The second-order valence-corrected chi connectivity index (χ2v) is 6.28. The number of rotatable bonds is 5. The molecule has 3 rings (SSSR count). The van der Waals surface area contributed by atoms with Crippen LogP contribution in [0.1, 0.15) is 33.2 Å². The summed E-state index contributed by atoms with van der Waals surface area (Å²) in [7, 11) is 0. The Morgan fingerprint density at radius 1 is 1.00 bits per heavy atom. The second kappa shape index (κ2) is 7.95. The van der Waals surface area contributed by atoms with Crippen LogP contribution in [0.4, 0.5) is 0 Å². The van der Waals surface area contributed by atoms with E-state index in [0.29, 0.717) is 12.0 Å². The highest BCUT2D eigenvalue weighted by Gasteiger charge is 2.18. The molecular weight excluding hydrogens is 332 g/mol. The minimum absolute atomic E-state index is 0.145. The van der Waals surface area contributed by atoms with Gasteiger partial charge < -0.3 is 5.32 Å². The van der Waals surface area contributed by atoms with Crippen LogP contribution in [-0.2, 0) is 6.42 Å². The van der Waals surface area contributed by atoms with Crippen LogP contribution in [0.25, 0.3) is 0 Å². The molecule has 1 atom stereocenters. The summed E-state index contributed by atoms with van der Waals surface area (Å²) in [5.41, 5.74) is 3.38. The molecule has 1 amide bonds. The fourth-order valence-electron chi connectivity index (χ4n) is 2.72. The third-order valence-corrected chi connectivity index (χ3v) is 4.31. The predicted octanol–water partition coefficient (Wildman–Crippen LogP) is 4.76. The summed E-state index contributed by atoms with van der Waals surface area (Å²) in [6.07, 6.45) is 0.702. The molecule has 0 saturated carbocycles. The largest absolute Gasteiger partial charge is 0.345 e. The lowest BCUT2D eigenvalue weighted by Crippen LogP contribution is -2.30. The van der Waals surface area contributed by atoms with Crippen LogP contribution in [-0.4, -0.2) is 10.9 Å². The summed E-state index contributed by atoms with van der Waals surface area (Å²) in [6.45, 7) is 1.84. The van der Waals surface area contributed by atoms with Gasteiger partial charge in [-0.1, -0.05) is 72.3 Å². The Bertz CT molecular complexity index is 850. The van der Waals surface area contributed by atoms with Crippen LogP contribution >= 0.6 is 11.6 Å². The van der Waals surface area contributed by atoms with Gasteiger partial charge >= 0.3 is 0 Å². The Morgan fingerprint density at radius 2 is 1.64 bits per heavy atom. The number of halogens is 1. The molecule has 0 aliphatic rings. The Hall–Kier alpha value is -2.65. The number of nitrogens with one attached hydrogen (secondary N) is 1. The van der Waals surface area contributed by atoms with E-state index >= 15 is 0 Å². The quantitative estimate of drug-likeness (QED) is 0.674. The molecule has 1 aromatic heterocycles. The van der Waals surface area contributed by atoms with Crippen molar-refractivity contribution in [3.63, 3.8) is 0 Å². The summed E-state index contributed by atoms with van der Waals surface area (Å²) >= 11 is 6.14. The van der Waals surface area contributed by atoms with E-state index in [9.17, 15) is 4.79 Å². The molecule has 1 heterocycles. The highest BCUT2D eigenvalue weighted by Crippen LogP contribution is 2.21. The fourth-order valence-corrected chi connectivity index (χ4v) is 3.00. The van der Waals surface area contributed by atoms with Gasteiger partial charge in [0.2, 0.25) is 0 Å². The second-order valence-electron chi connectivity index (χ2n) is 5.92. The van der Waals surface area contributed by atoms with E-state index in [4.69, 9.17) is 11.6 Å². The van der Waals surface area contributed by atoms with Gasteiger partial charge in [-0.3, -0.25) is 4.79 Å². The number of nitrogens with zero attached hydrogens (tertiary/aromatic N) is 1. The number of carbonyl (C=O) groups excluding carboxylic acids is 1. The predicted molar refractivity (Wildman–Crippen MR) is 101 cm³/mol. The number of benzene rings is 2. The van der Waals surface area contributed by atoms with Crippen molar-refractivity contribution in [1.29, 1.82) is 0 Å². The molecule has 2 aromatic carbocycles. The fraction of sp³-hybridized carbons (Fsp3) is 0.143.